The van der Waals surface area contributed by atoms with Gasteiger partial charge in [0.2, 0.25) is 0 Å². The number of amides is 1. The number of rotatable bonds is 3. The first-order valence-electron chi connectivity index (χ1n) is 6.51. The van der Waals surface area contributed by atoms with Gasteiger partial charge < -0.3 is 14.4 Å². The van der Waals surface area contributed by atoms with Crippen LogP contribution in [-0.2, 0) is 9.47 Å². The number of carbonyl (C=O) groups is 1. The lowest BCUT2D eigenvalue weighted by Crippen LogP contribution is -2.43. The predicted octanol–water partition coefficient (Wildman–Crippen LogP) is 1.53. The second-order valence-electron chi connectivity index (χ2n) is 4.79. The van der Waals surface area contributed by atoms with Crippen molar-refractivity contribution in [1.82, 2.24) is 9.80 Å². The molecule has 3 aliphatic rings. The maximum absolute atomic E-state index is 11.6. The summed E-state index contributed by atoms with van der Waals surface area (Å²) in [5.74, 6) is 0.402. The van der Waals surface area contributed by atoms with Gasteiger partial charge in [-0.05, 0) is 12.5 Å². The Kier molecular flexibility index (Phi) is 3.67. The molecular formula is C13H16ClN3O3. The fourth-order valence-corrected chi connectivity index (χ4v) is 2.64. The van der Waals surface area contributed by atoms with Crippen molar-refractivity contribution in [3.63, 3.8) is 0 Å². The van der Waals surface area contributed by atoms with Gasteiger partial charge in [-0.2, -0.15) is 0 Å². The first-order valence-corrected chi connectivity index (χ1v) is 7.05. The van der Waals surface area contributed by atoms with E-state index in [2.05, 4.69) is 9.89 Å². The number of fused-ring (bicyclic) bond motifs is 1. The van der Waals surface area contributed by atoms with Gasteiger partial charge in [0.1, 0.15) is 6.17 Å². The van der Waals surface area contributed by atoms with E-state index in [9.17, 15) is 4.79 Å². The highest BCUT2D eigenvalue weighted by Gasteiger charge is 2.35. The number of aliphatic imine (C=N–C) groups is 1. The van der Waals surface area contributed by atoms with Crippen LogP contribution in [0.25, 0.3) is 0 Å². The van der Waals surface area contributed by atoms with Crippen molar-refractivity contribution in [2.45, 2.75) is 18.7 Å². The third-order valence-electron chi connectivity index (χ3n) is 3.59. The number of nitrogens with zero attached hydrogens (tertiary/aromatic N) is 3. The van der Waals surface area contributed by atoms with Crippen LogP contribution < -0.4 is 0 Å². The van der Waals surface area contributed by atoms with E-state index in [-0.39, 0.29) is 12.3 Å². The quantitative estimate of drug-likeness (QED) is 0.742. The van der Waals surface area contributed by atoms with E-state index >= 15 is 0 Å². The summed E-state index contributed by atoms with van der Waals surface area (Å²) in [5.41, 5.74) is 1.73. The summed E-state index contributed by atoms with van der Waals surface area (Å²) in [5, 5.41) is 0. The number of halogens is 1. The van der Waals surface area contributed by atoms with Crippen LogP contribution in [0.2, 0.25) is 0 Å². The predicted molar refractivity (Wildman–Crippen MR) is 74.5 cm³/mol. The largest absolute Gasteiger partial charge is 0.452 e. The van der Waals surface area contributed by atoms with Gasteiger partial charge in [-0.25, -0.2) is 4.79 Å². The molecule has 1 saturated heterocycles. The zero-order valence-electron chi connectivity index (χ0n) is 11.2. The van der Waals surface area contributed by atoms with Crippen molar-refractivity contribution in [1.29, 1.82) is 0 Å². The molecule has 1 fully saturated rings. The van der Waals surface area contributed by atoms with Gasteiger partial charge in [0, 0.05) is 25.6 Å². The van der Waals surface area contributed by atoms with Gasteiger partial charge in [-0.1, -0.05) is 0 Å². The Balaban J connectivity index is 1.81. The lowest BCUT2D eigenvalue weighted by molar-refractivity contribution is -0.0643. The second kappa shape index (κ2) is 5.46. The average molecular weight is 298 g/mol. The minimum absolute atomic E-state index is 0.107. The fraction of sp³-hybridized carbons (Fsp3) is 0.538. The molecular weight excluding hydrogens is 282 g/mol. The molecule has 0 aromatic carbocycles. The van der Waals surface area contributed by atoms with Gasteiger partial charge in [-0.3, -0.25) is 9.89 Å². The first kappa shape index (κ1) is 13.5. The monoisotopic (exact) mass is 297 g/mol. The van der Waals surface area contributed by atoms with Gasteiger partial charge >= 0.3 is 6.09 Å². The summed E-state index contributed by atoms with van der Waals surface area (Å²) in [7, 11) is 1.36. The third-order valence-corrected chi connectivity index (χ3v) is 3.87. The zero-order valence-corrected chi connectivity index (χ0v) is 11.9. The maximum Gasteiger partial charge on any atom is 0.417 e. The standard InChI is InChI=1S/C13H16ClN3O3/c1-19-13(18)16-4-2-10-11(8-16)17(12(6-14)15-10)7-9-3-5-20-9/h2,4,8-9,12H,3,5-7H2,1H3/t9?,12-/m1/s1. The van der Waals surface area contributed by atoms with Gasteiger partial charge in [0.05, 0.1) is 30.5 Å². The van der Waals surface area contributed by atoms with Crippen LogP contribution >= 0.6 is 11.6 Å². The molecule has 0 radical (unpaired) electrons. The van der Waals surface area contributed by atoms with Gasteiger partial charge in [0.15, 0.2) is 0 Å². The van der Waals surface area contributed by atoms with Crippen LogP contribution in [0.1, 0.15) is 6.42 Å². The summed E-state index contributed by atoms with van der Waals surface area (Å²) in [6, 6.07) is 0. The summed E-state index contributed by atoms with van der Waals surface area (Å²) >= 11 is 5.99. The third kappa shape index (κ3) is 2.29. The first-order chi connectivity index (χ1) is 9.72. The molecule has 1 amide bonds. The molecule has 1 unspecified atom stereocenters. The van der Waals surface area contributed by atoms with Crippen LogP contribution in [0, 0.1) is 0 Å². The van der Waals surface area contributed by atoms with Crippen molar-refractivity contribution in [2.75, 3.05) is 26.1 Å². The highest BCUT2D eigenvalue weighted by molar-refractivity contribution is 6.19. The van der Waals surface area contributed by atoms with E-state index in [0.717, 1.165) is 31.0 Å². The molecule has 0 aliphatic carbocycles. The smallest absolute Gasteiger partial charge is 0.417 e. The van der Waals surface area contributed by atoms with Crippen molar-refractivity contribution in [3.8, 4) is 0 Å². The molecule has 0 aromatic rings. The minimum atomic E-state index is -0.429. The summed E-state index contributed by atoms with van der Waals surface area (Å²) in [4.78, 5) is 19.7. The number of ether oxygens (including phenoxy) is 2. The molecule has 7 heteroatoms. The van der Waals surface area contributed by atoms with Crippen LogP contribution in [0.5, 0.6) is 0 Å². The maximum atomic E-state index is 11.6. The number of alkyl halides is 1. The molecule has 108 valence electrons. The molecule has 0 bridgehead atoms. The number of allylic oxidation sites excluding steroid dienone is 1. The highest BCUT2D eigenvalue weighted by atomic mass is 35.5. The van der Waals surface area contributed by atoms with E-state index in [4.69, 9.17) is 21.1 Å². The van der Waals surface area contributed by atoms with E-state index in [0.29, 0.717) is 5.88 Å². The minimum Gasteiger partial charge on any atom is -0.452 e. The number of carbonyl (C=O) groups excluding carboxylic acids is 1. The molecule has 0 spiro atoms. The van der Waals surface area contributed by atoms with E-state index in [1.54, 1.807) is 18.5 Å². The Hall–Kier alpha value is -1.53. The van der Waals surface area contributed by atoms with Gasteiger partial charge in [0.25, 0.3) is 0 Å². The van der Waals surface area contributed by atoms with Crippen molar-refractivity contribution >= 4 is 23.4 Å². The molecule has 2 atom stereocenters. The van der Waals surface area contributed by atoms with Crippen LogP contribution in [0.3, 0.4) is 0 Å². The second-order valence-corrected chi connectivity index (χ2v) is 5.10. The van der Waals surface area contributed by atoms with E-state index in [1.807, 2.05) is 0 Å². The Morgan fingerprint density at radius 1 is 1.65 bits per heavy atom. The van der Waals surface area contributed by atoms with Crippen LogP contribution in [0.4, 0.5) is 4.79 Å². The van der Waals surface area contributed by atoms with Gasteiger partial charge in [-0.15, -0.1) is 11.6 Å². The van der Waals surface area contributed by atoms with E-state index in [1.165, 1.54) is 12.0 Å². The van der Waals surface area contributed by atoms with Crippen molar-refractivity contribution in [2.24, 2.45) is 4.99 Å². The molecule has 3 aliphatic heterocycles. The van der Waals surface area contributed by atoms with E-state index < -0.39 is 6.09 Å². The lowest BCUT2D eigenvalue weighted by atomic mass is 10.1. The number of hydrogen-bond acceptors (Lipinski definition) is 5. The number of methoxy groups -OCH3 is 1. The molecule has 0 N–H and O–H groups in total. The zero-order chi connectivity index (χ0) is 14.1. The molecule has 0 aromatic heterocycles. The highest BCUT2D eigenvalue weighted by Crippen LogP contribution is 2.28. The van der Waals surface area contributed by atoms with Crippen molar-refractivity contribution < 1.29 is 14.3 Å². The summed E-state index contributed by atoms with van der Waals surface area (Å²) in [6.07, 6.45) is 5.90. The topological polar surface area (TPSA) is 54.4 Å². The number of hydrogen-bond donors (Lipinski definition) is 0. The Bertz CT molecular complexity index is 499. The SMILES string of the molecule is COC(=O)N1C=CC2=N[C@@H](CCl)N(CC3CCO3)C2=C1. The molecule has 3 rings (SSSR count). The van der Waals surface area contributed by atoms with Crippen molar-refractivity contribution in [3.05, 3.63) is 24.2 Å². The average Bonchev–Trinajstić information content (AvgIpc) is 2.78. The normalized spacial score (nSPS) is 27.7. The Morgan fingerprint density at radius 2 is 2.45 bits per heavy atom. The fourth-order valence-electron chi connectivity index (χ4n) is 2.40. The summed E-state index contributed by atoms with van der Waals surface area (Å²) < 4.78 is 10.2. The van der Waals surface area contributed by atoms with Crippen LogP contribution in [-0.4, -0.2) is 60.0 Å². The Labute approximate surface area is 122 Å². The molecule has 3 heterocycles. The molecule has 6 nitrogen and oxygen atoms in total. The Morgan fingerprint density at radius 3 is 3.05 bits per heavy atom. The lowest BCUT2D eigenvalue weighted by Gasteiger charge is -2.35. The molecule has 20 heavy (non-hydrogen) atoms. The molecule has 0 saturated carbocycles. The van der Waals surface area contributed by atoms with Crippen LogP contribution in [0.15, 0.2) is 29.2 Å². The summed E-state index contributed by atoms with van der Waals surface area (Å²) in [6.45, 7) is 1.55.